The number of rotatable bonds is 3. The standard InChI is InChI=1S/C6H13F2N/c1-3-4(2)5(9)6(7)8/h4-6H,3,9H2,1-2H3. The Labute approximate surface area is 54.2 Å². The van der Waals surface area contributed by atoms with Crippen LogP contribution >= 0.6 is 0 Å². The Morgan fingerprint density at radius 1 is 1.44 bits per heavy atom. The Kier molecular flexibility index (Phi) is 3.70. The SMILES string of the molecule is CCC(C)C(N)C(F)F. The third-order valence-corrected chi connectivity index (χ3v) is 1.59. The summed E-state index contributed by atoms with van der Waals surface area (Å²) in [6.45, 7) is 3.59. The minimum Gasteiger partial charge on any atom is -0.323 e. The van der Waals surface area contributed by atoms with Crippen LogP contribution in [0.1, 0.15) is 20.3 Å². The van der Waals surface area contributed by atoms with E-state index in [4.69, 9.17) is 5.73 Å². The van der Waals surface area contributed by atoms with Gasteiger partial charge in [0.05, 0.1) is 6.04 Å². The van der Waals surface area contributed by atoms with Crippen LogP contribution in [0.5, 0.6) is 0 Å². The lowest BCUT2D eigenvalue weighted by Gasteiger charge is -2.16. The molecule has 1 nitrogen and oxygen atoms in total. The molecule has 0 aliphatic heterocycles. The molecule has 0 rings (SSSR count). The van der Waals surface area contributed by atoms with Crippen LogP contribution in [0.3, 0.4) is 0 Å². The molecule has 0 radical (unpaired) electrons. The van der Waals surface area contributed by atoms with E-state index in [2.05, 4.69) is 0 Å². The zero-order chi connectivity index (χ0) is 7.44. The van der Waals surface area contributed by atoms with Crippen molar-refractivity contribution in [2.45, 2.75) is 32.7 Å². The summed E-state index contributed by atoms with van der Waals surface area (Å²) in [6, 6.07) is -0.949. The molecule has 0 aromatic rings. The quantitative estimate of drug-likeness (QED) is 0.628. The molecule has 0 aliphatic rings. The highest BCUT2D eigenvalue weighted by Crippen LogP contribution is 2.11. The maximum atomic E-state index is 11.7. The van der Waals surface area contributed by atoms with Crippen molar-refractivity contribution >= 4 is 0 Å². The van der Waals surface area contributed by atoms with E-state index in [1.54, 1.807) is 6.92 Å². The third kappa shape index (κ3) is 2.75. The van der Waals surface area contributed by atoms with Crippen LogP contribution < -0.4 is 5.73 Å². The van der Waals surface area contributed by atoms with Gasteiger partial charge in [-0.3, -0.25) is 0 Å². The molecule has 0 amide bonds. The highest BCUT2D eigenvalue weighted by molar-refractivity contribution is 4.69. The van der Waals surface area contributed by atoms with Crippen LogP contribution in [-0.4, -0.2) is 12.5 Å². The molecule has 0 heterocycles. The third-order valence-electron chi connectivity index (χ3n) is 1.59. The number of nitrogens with two attached hydrogens (primary N) is 1. The topological polar surface area (TPSA) is 26.0 Å². The highest BCUT2D eigenvalue weighted by atomic mass is 19.3. The molecule has 0 saturated heterocycles. The summed E-state index contributed by atoms with van der Waals surface area (Å²) in [5.74, 6) is -0.0787. The Morgan fingerprint density at radius 3 is 2.00 bits per heavy atom. The van der Waals surface area contributed by atoms with Crippen LogP contribution in [0.25, 0.3) is 0 Å². The normalized spacial score (nSPS) is 18.0. The van der Waals surface area contributed by atoms with E-state index in [1.807, 2.05) is 6.92 Å². The second-order valence-electron chi connectivity index (χ2n) is 2.30. The summed E-state index contributed by atoms with van der Waals surface area (Å²) in [5, 5.41) is 0. The van der Waals surface area contributed by atoms with Gasteiger partial charge in [-0.15, -0.1) is 0 Å². The average Bonchev–Trinajstić information content (AvgIpc) is 1.84. The van der Waals surface area contributed by atoms with E-state index in [0.29, 0.717) is 6.42 Å². The molecule has 3 heteroatoms. The van der Waals surface area contributed by atoms with Gasteiger partial charge >= 0.3 is 0 Å². The molecule has 2 N–H and O–H groups in total. The molecule has 0 fully saturated rings. The predicted molar refractivity (Wildman–Crippen MR) is 33.4 cm³/mol. The van der Waals surface area contributed by atoms with Gasteiger partial charge in [-0.2, -0.15) is 0 Å². The van der Waals surface area contributed by atoms with E-state index < -0.39 is 12.5 Å². The summed E-state index contributed by atoms with van der Waals surface area (Å²) in [5.41, 5.74) is 5.12. The van der Waals surface area contributed by atoms with Gasteiger partial charge in [-0.05, 0) is 5.92 Å². The predicted octanol–water partition coefficient (Wildman–Crippen LogP) is 1.62. The van der Waals surface area contributed by atoms with E-state index >= 15 is 0 Å². The smallest absolute Gasteiger partial charge is 0.253 e. The first-order valence-electron chi connectivity index (χ1n) is 3.13. The molecule has 0 aliphatic carbocycles. The van der Waals surface area contributed by atoms with Crippen molar-refractivity contribution in [3.8, 4) is 0 Å². The summed E-state index contributed by atoms with van der Waals surface area (Å²) >= 11 is 0. The number of hydrogen-bond donors (Lipinski definition) is 1. The molecule has 0 aromatic heterocycles. The van der Waals surface area contributed by atoms with E-state index in [1.165, 1.54) is 0 Å². The average molecular weight is 137 g/mol. The molecule has 2 atom stereocenters. The van der Waals surface area contributed by atoms with Gasteiger partial charge in [0.15, 0.2) is 0 Å². The monoisotopic (exact) mass is 137 g/mol. The highest BCUT2D eigenvalue weighted by Gasteiger charge is 2.20. The Balaban J connectivity index is 3.58. The first kappa shape index (κ1) is 8.82. The van der Waals surface area contributed by atoms with Crippen LogP contribution in [0.4, 0.5) is 8.78 Å². The van der Waals surface area contributed by atoms with Gasteiger partial charge in [0.25, 0.3) is 6.43 Å². The van der Waals surface area contributed by atoms with Crippen molar-refractivity contribution in [1.29, 1.82) is 0 Å². The summed E-state index contributed by atoms with van der Waals surface area (Å²) in [7, 11) is 0. The molecule has 0 saturated carbocycles. The van der Waals surface area contributed by atoms with Crippen molar-refractivity contribution in [1.82, 2.24) is 0 Å². The Bertz CT molecular complexity index is 75.5. The van der Waals surface area contributed by atoms with E-state index in [-0.39, 0.29) is 5.92 Å². The number of halogens is 2. The maximum absolute atomic E-state index is 11.7. The fourth-order valence-corrected chi connectivity index (χ4v) is 0.521. The van der Waals surface area contributed by atoms with Crippen molar-refractivity contribution in [2.75, 3.05) is 0 Å². The van der Waals surface area contributed by atoms with Crippen molar-refractivity contribution in [2.24, 2.45) is 11.7 Å². The summed E-state index contributed by atoms with van der Waals surface area (Å²) in [6.07, 6.45) is -1.66. The Morgan fingerprint density at radius 2 is 1.89 bits per heavy atom. The summed E-state index contributed by atoms with van der Waals surface area (Å²) < 4.78 is 23.5. The maximum Gasteiger partial charge on any atom is 0.253 e. The van der Waals surface area contributed by atoms with E-state index in [9.17, 15) is 8.78 Å². The zero-order valence-corrected chi connectivity index (χ0v) is 5.77. The van der Waals surface area contributed by atoms with Crippen LogP contribution in [0.15, 0.2) is 0 Å². The molecule has 0 bridgehead atoms. The fourth-order valence-electron chi connectivity index (χ4n) is 0.521. The number of alkyl halides is 2. The van der Waals surface area contributed by atoms with Gasteiger partial charge < -0.3 is 5.73 Å². The Hall–Kier alpha value is -0.180. The van der Waals surface area contributed by atoms with Crippen LogP contribution in [0, 0.1) is 5.92 Å². The molecule has 9 heavy (non-hydrogen) atoms. The summed E-state index contributed by atoms with van der Waals surface area (Å²) in [4.78, 5) is 0. The molecular weight excluding hydrogens is 124 g/mol. The molecule has 2 unspecified atom stereocenters. The van der Waals surface area contributed by atoms with Crippen LogP contribution in [-0.2, 0) is 0 Å². The van der Waals surface area contributed by atoms with Crippen molar-refractivity contribution < 1.29 is 8.78 Å². The van der Waals surface area contributed by atoms with Crippen molar-refractivity contribution in [3.63, 3.8) is 0 Å². The lowest BCUT2D eigenvalue weighted by atomic mass is 10.0. The van der Waals surface area contributed by atoms with Gasteiger partial charge in [0.1, 0.15) is 0 Å². The van der Waals surface area contributed by atoms with E-state index in [0.717, 1.165) is 0 Å². The fraction of sp³-hybridized carbons (Fsp3) is 1.00. The van der Waals surface area contributed by atoms with Gasteiger partial charge in [0.2, 0.25) is 0 Å². The minimum absolute atomic E-state index is 0.0787. The largest absolute Gasteiger partial charge is 0.323 e. The van der Waals surface area contributed by atoms with Crippen molar-refractivity contribution in [3.05, 3.63) is 0 Å². The lowest BCUT2D eigenvalue weighted by Crippen LogP contribution is -2.35. The second kappa shape index (κ2) is 3.77. The lowest BCUT2D eigenvalue weighted by molar-refractivity contribution is 0.0914. The molecule has 56 valence electrons. The molecular formula is C6H13F2N. The second-order valence-corrected chi connectivity index (χ2v) is 2.30. The van der Waals surface area contributed by atoms with Crippen LogP contribution in [0.2, 0.25) is 0 Å². The zero-order valence-electron chi connectivity index (χ0n) is 5.77. The molecule has 0 aromatic carbocycles. The van der Waals surface area contributed by atoms with Gasteiger partial charge in [-0.25, -0.2) is 8.78 Å². The minimum atomic E-state index is -2.38. The first-order chi connectivity index (χ1) is 4.09. The molecule has 0 spiro atoms. The van der Waals surface area contributed by atoms with Gasteiger partial charge in [-0.1, -0.05) is 20.3 Å². The van der Waals surface area contributed by atoms with Gasteiger partial charge in [0, 0.05) is 0 Å². The first-order valence-corrected chi connectivity index (χ1v) is 3.13. The number of hydrogen-bond acceptors (Lipinski definition) is 1.